The van der Waals surface area contributed by atoms with Gasteiger partial charge in [0.2, 0.25) is 21.9 Å². The van der Waals surface area contributed by atoms with Gasteiger partial charge in [0.1, 0.15) is 4.75 Å². The number of hydrogen-bond acceptors (Lipinski definition) is 10. The van der Waals surface area contributed by atoms with Crippen LogP contribution in [-0.4, -0.2) is 71.3 Å². The zero-order valence-electron chi connectivity index (χ0n) is 24.2. The summed E-state index contributed by atoms with van der Waals surface area (Å²) in [5.41, 5.74) is 0.892. The van der Waals surface area contributed by atoms with Crippen molar-refractivity contribution in [3.8, 4) is 6.01 Å². The van der Waals surface area contributed by atoms with Crippen molar-refractivity contribution in [3.05, 3.63) is 64.7 Å². The molecule has 0 atom stereocenters. The van der Waals surface area contributed by atoms with Gasteiger partial charge in [-0.15, -0.1) is 0 Å². The van der Waals surface area contributed by atoms with Crippen molar-refractivity contribution >= 4 is 45.1 Å². The van der Waals surface area contributed by atoms with Crippen LogP contribution in [0.15, 0.2) is 48.5 Å². The lowest BCUT2D eigenvalue weighted by molar-refractivity contribution is -0.154. The fraction of sp³-hybridized carbons (Fsp3) is 0.448. The molecule has 2 aromatic carbocycles. The maximum atomic E-state index is 13.1. The molecule has 0 aliphatic heterocycles. The van der Waals surface area contributed by atoms with E-state index in [4.69, 9.17) is 16.3 Å². The van der Waals surface area contributed by atoms with Crippen LogP contribution >= 0.6 is 11.6 Å². The van der Waals surface area contributed by atoms with Gasteiger partial charge in [0, 0.05) is 28.9 Å². The van der Waals surface area contributed by atoms with Crippen LogP contribution in [-0.2, 0) is 15.6 Å². The summed E-state index contributed by atoms with van der Waals surface area (Å²) in [5, 5.41) is 6.65. The molecule has 0 saturated heterocycles. The molecule has 3 saturated carbocycles. The minimum absolute atomic E-state index is 0.000311. The lowest BCUT2D eigenvalue weighted by Crippen LogP contribution is -2.45. The van der Waals surface area contributed by atoms with Crippen LogP contribution in [0.2, 0.25) is 5.02 Å². The van der Waals surface area contributed by atoms with Gasteiger partial charge in [0.25, 0.3) is 5.91 Å². The minimum atomic E-state index is -4.61. The molecule has 0 spiro atoms. The Labute approximate surface area is 263 Å². The molecule has 0 unspecified atom stereocenters. The van der Waals surface area contributed by atoms with Gasteiger partial charge in [0.05, 0.1) is 5.54 Å². The molecular formula is C29H31ClF3N7O4S. The molecule has 3 N–H and O–H groups in total. The Bertz CT molecular complexity index is 1680. The van der Waals surface area contributed by atoms with Crippen molar-refractivity contribution < 1.29 is 31.1 Å². The quantitative estimate of drug-likeness (QED) is 0.229. The molecule has 1 heterocycles. The van der Waals surface area contributed by atoms with Crippen molar-refractivity contribution in [1.29, 1.82) is 0 Å². The first kappa shape index (κ1) is 31.3. The Kier molecular flexibility index (Phi) is 8.06. The number of ether oxygens (including phenoxy) is 1. The molecule has 11 nitrogen and oxygen atoms in total. The van der Waals surface area contributed by atoms with E-state index in [1.807, 2.05) is 24.1 Å². The van der Waals surface area contributed by atoms with Gasteiger partial charge >= 0.3 is 12.2 Å². The van der Waals surface area contributed by atoms with Gasteiger partial charge in [-0.3, -0.25) is 4.79 Å². The van der Waals surface area contributed by atoms with Gasteiger partial charge in [-0.1, -0.05) is 23.7 Å². The van der Waals surface area contributed by atoms with E-state index in [2.05, 4.69) is 30.3 Å². The number of carbonyl (C=O) groups is 1. The summed E-state index contributed by atoms with van der Waals surface area (Å²) in [4.78, 5) is 27.3. The summed E-state index contributed by atoms with van der Waals surface area (Å²) in [6.07, 6.45) is -0.0486. The Morgan fingerprint density at radius 2 is 1.64 bits per heavy atom. The molecule has 45 heavy (non-hydrogen) atoms. The van der Waals surface area contributed by atoms with E-state index < -0.39 is 45.0 Å². The molecule has 6 rings (SSSR count). The second-order valence-electron chi connectivity index (χ2n) is 11.8. The maximum Gasteiger partial charge on any atom is 0.422 e. The number of carbonyl (C=O) groups excluding carboxylic acids is 1. The van der Waals surface area contributed by atoms with Crippen LogP contribution in [0.3, 0.4) is 0 Å². The first-order valence-corrected chi connectivity index (χ1v) is 16.2. The topological polar surface area (TPSA) is 138 Å². The number of rotatable bonds is 13. The number of benzene rings is 2. The largest absolute Gasteiger partial charge is 0.454 e. The fourth-order valence-corrected chi connectivity index (χ4v) is 6.86. The number of amides is 1. The third-order valence-electron chi connectivity index (χ3n) is 8.19. The summed E-state index contributed by atoms with van der Waals surface area (Å²) in [7, 11) is -2.00. The van der Waals surface area contributed by atoms with Gasteiger partial charge in [-0.2, -0.15) is 28.1 Å². The molecular weight excluding hydrogens is 635 g/mol. The standard InChI is InChI=1S/C29H31ClF3N7O4S/c1-40(22-10-11-22)16-27(12-13-27)45(42,43)39-23(41)18-2-8-21(9-3-18)34-24-35-25(37-26(36-24)44-17-29(31,32)33)38-28(14-15-28)19-4-6-20(30)7-5-19/h2-9,22H,10-17H2,1H3,(H,39,41)(H2,34,35,36,37,38). The summed E-state index contributed by atoms with van der Waals surface area (Å²) in [6, 6.07) is 12.9. The van der Waals surface area contributed by atoms with Gasteiger partial charge < -0.3 is 20.3 Å². The van der Waals surface area contributed by atoms with Crippen LogP contribution in [0.5, 0.6) is 6.01 Å². The Hall–Kier alpha value is -3.69. The number of nitrogens with zero attached hydrogens (tertiary/aromatic N) is 4. The molecule has 0 bridgehead atoms. The predicted octanol–water partition coefficient (Wildman–Crippen LogP) is 5.00. The number of aromatic nitrogens is 3. The molecule has 3 aliphatic rings. The van der Waals surface area contributed by atoms with E-state index >= 15 is 0 Å². The number of nitrogens with one attached hydrogen (secondary N) is 3. The number of halogens is 4. The minimum Gasteiger partial charge on any atom is -0.454 e. The van der Waals surface area contributed by atoms with Crippen LogP contribution in [0.1, 0.15) is 54.4 Å². The summed E-state index contributed by atoms with van der Waals surface area (Å²) in [6.45, 7) is -1.22. The molecule has 3 fully saturated rings. The third-order valence-corrected chi connectivity index (χ3v) is 10.6. The monoisotopic (exact) mass is 665 g/mol. The molecule has 1 amide bonds. The zero-order chi connectivity index (χ0) is 32.0. The van der Waals surface area contributed by atoms with Gasteiger partial charge in [-0.05, 0) is 87.5 Å². The molecule has 16 heteroatoms. The van der Waals surface area contributed by atoms with Crippen molar-refractivity contribution in [2.45, 2.75) is 61.0 Å². The van der Waals surface area contributed by atoms with Gasteiger partial charge in [0.15, 0.2) is 6.61 Å². The molecule has 0 radical (unpaired) electrons. The van der Waals surface area contributed by atoms with E-state index in [-0.39, 0.29) is 17.5 Å². The average Bonchev–Trinajstić information content (AvgIpc) is 3.82. The first-order valence-electron chi connectivity index (χ1n) is 14.4. The van der Waals surface area contributed by atoms with E-state index in [0.29, 0.717) is 36.1 Å². The number of sulfonamides is 1. The number of alkyl halides is 3. The Morgan fingerprint density at radius 1 is 1.00 bits per heavy atom. The summed E-state index contributed by atoms with van der Waals surface area (Å²) >= 11 is 6.02. The lowest BCUT2D eigenvalue weighted by atomic mass is 10.1. The zero-order valence-corrected chi connectivity index (χ0v) is 25.8. The average molecular weight is 666 g/mol. The Morgan fingerprint density at radius 3 is 2.22 bits per heavy atom. The molecule has 240 valence electrons. The van der Waals surface area contributed by atoms with Crippen LogP contribution in [0, 0.1) is 0 Å². The predicted molar refractivity (Wildman–Crippen MR) is 161 cm³/mol. The van der Waals surface area contributed by atoms with Crippen molar-refractivity contribution in [2.75, 3.05) is 30.8 Å². The summed E-state index contributed by atoms with van der Waals surface area (Å²) in [5.74, 6) is -0.861. The van der Waals surface area contributed by atoms with E-state index in [1.54, 1.807) is 12.1 Å². The highest BCUT2D eigenvalue weighted by molar-refractivity contribution is 7.91. The van der Waals surface area contributed by atoms with Gasteiger partial charge in [-0.25, -0.2) is 13.1 Å². The SMILES string of the molecule is CN(CC1(S(=O)(=O)NC(=O)c2ccc(Nc3nc(NC4(c5ccc(Cl)cc5)CC4)nc(OCC(F)(F)F)n3)cc2)CC1)C1CC1. The number of hydrogen-bond donors (Lipinski definition) is 3. The molecule has 1 aromatic heterocycles. The maximum absolute atomic E-state index is 13.1. The normalized spacial score (nSPS) is 18.3. The highest BCUT2D eigenvalue weighted by atomic mass is 35.5. The van der Waals surface area contributed by atoms with Crippen molar-refractivity contribution in [3.63, 3.8) is 0 Å². The third kappa shape index (κ3) is 7.42. The molecule has 3 aliphatic carbocycles. The fourth-order valence-electron chi connectivity index (χ4n) is 5.15. The smallest absolute Gasteiger partial charge is 0.422 e. The van der Waals surface area contributed by atoms with Crippen molar-refractivity contribution in [1.82, 2.24) is 24.6 Å². The first-order chi connectivity index (χ1) is 21.2. The van der Waals surface area contributed by atoms with Crippen LogP contribution in [0.4, 0.5) is 30.8 Å². The highest BCUT2D eigenvalue weighted by Gasteiger charge is 2.56. The Balaban J connectivity index is 1.15. The van der Waals surface area contributed by atoms with Crippen LogP contribution < -0.4 is 20.1 Å². The second kappa shape index (κ2) is 11.6. The highest BCUT2D eigenvalue weighted by Crippen LogP contribution is 2.48. The van der Waals surface area contributed by atoms with E-state index in [1.165, 1.54) is 24.3 Å². The second-order valence-corrected chi connectivity index (χ2v) is 14.4. The molecule has 3 aromatic rings. The van der Waals surface area contributed by atoms with E-state index in [0.717, 1.165) is 31.2 Å². The summed E-state index contributed by atoms with van der Waals surface area (Å²) < 4.78 is 70.9. The lowest BCUT2D eigenvalue weighted by Gasteiger charge is -2.23. The van der Waals surface area contributed by atoms with E-state index in [9.17, 15) is 26.4 Å². The van der Waals surface area contributed by atoms with Crippen LogP contribution in [0.25, 0.3) is 0 Å². The number of anilines is 3. The van der Waals surface area contributed by atoms with Crippen molar-refractivity contribution in [2.24, 2.45) is 0 Å².